The molecule has 0 aromatic rings. The molecule has 0 atom stereocenters. The van der Waals surface area contributed by atoms with Crippen LogP contribution in [0.1, 0.15) is 71.6 Å². The number of rotatable bonds is 9. The van der Waals surface area contributed by atoms with Crippen molar-refractivity contribution in [2.75, 3.05) is 0 Å². The van der Waals surface area contributed by atoms with Gasteiger partial charge in [0, 0.05) is 12.8 Å². The number of unbranched alkanes of at least 4 members (excludes halogenated alkanes) is 5. The molecule has 0 unspecified atom stereocenters. The van der Waals surface area contributed by atoms with E-state index < -0.39 is 0 Å². The van der Waals surface area contributed by atoms with Crippen LogP contribution in [0.2, 0.25) is 0 Å². The first-order valence-corrected chi connectivity index (χ1v) is 6.44. The van der Waals surface area contributed by atoms with Crippen molar-refractivity contribution in [3.05, 3.63) is 0 Å². The average Bonchev–Trinajstić information content (AvgIpc) is 2.26. The minimum atomic E-state index is -0.375. The molecule has 96 valence electrons. The molecule has 17 heavy (non-hydrogen) atoms. The molecule has 0 aliphatic heterocycles. The monoisotopic (exact) mass is 252 g/mol. The maximum atomic E-state index is 11.2. The third kappa shape index (κ3) is 14.1. The summed E-state index contributed by atoms with van der Waals surface area (Å²) in [4.78, 5) is 22.3. The van der Waals surface area contributed by atoms with Gasteiger partial charge in [0.05, 0.1) is 0 Å². The SMILES string of the molecule is CCCCCCCC(=O)OC(=O)CCCC.[NaH]. The fourth-order valence-corrected chi connectivity index (χ4v) is 1.42. The van der Waals surface area contributed by atoms with Crippen molar-refractivity contribution in [1.82, 2.24) is 0 Å². The molecule has 0 aliphatic carbocycles. The van der Waals surface area contributed by atoms with E-state index in [4.69, 9.17) is 0 Å². The molecule has 0 aromatic heterocycles. The van der Waals surface area contributed by atoms with Gasteiger partial charge in [-0.3, -0.25) is 9.59 Å². The first-order chi connectivity index (χ1) is 7.70. The fourth-order valence-electron chi connectivity index (χ4n) is 1.42. The van der Waals surface area contributed by atoms with Gasteiger partial charge in [-0.2, -0.15) is 0 Å². The van der Waals surface area contributed by atoms with E-state index in [9.17, 15) is 9.59 Å². The van der Waals surface area contributed by atoms with Crippen molar-refractivity contribution >= 4 is 41.5 Å². The normalized spacial score (nSPS) is 9.53. The molecule has 0 aromatic carbocycles. The van der Waals surface area contributed by atoms with Crippen LogP contribution in [0.15, 0.2) is 0 Å². The molecule has 0 aliphatic rings. The predicted molar refractivity (Wildman–Crippen MR) is 71.1 cm³/mol. The molecule has 0 spiro atoms. The second-order valence-electron chi connectivity index (χ2n) is 4.11. The molecule has 0 saturated carbocycles. The number of carbonyl (C=O) groups is 2. The van der Waals surface area contributed by atoms with Crippen LogP contribution in [-0.2, 0) is 14.3 Å². The Bertz CT molecular complexity index is 205. The maximum absolute atomic E-state index is 11.2. The van der Waals surface area contributed by atoms with Crippen molar-refractivity contribution in [2.45, 2.75) is 71.6 Å². The summed E-state index contributed by atoms with van der Waals surface area (Å²) in [7, 11) is 0. The van der Waals surface area contributed by atoms with Gasteiger partial charge in [0.25, 0.3) is 0 Å². The van der Waals surface area contributed by atoms with Gasteiger partial charge in [-0.1, -0.05) is 46.0 Å². The van der Waals surface area contributed by atoms with E-state index in [1.54, 1.807) is 0 Å². The Labute approximate surface area is 127 Å². The zero-order chi connectivity index (χ0) is 12.2. The predicted octanol–water partition coefficient (Wildman–Crippen LogP) is 2.96. The van der Waals surface area contributed by atoms with Gasteiger partial charge in [-0.25, -0.2) is 0 Å². The van der Waals surface area contributed by atoms with E-state index in [-0.39, 0.29) is 41.5 Å². The summed E-state index contributed by atoms with van der Waals surface area (Å²) >= 11 is 0. The van der Waals surface area contributed by atoms with E-state index in [1.165, 1.54) is 12.8 Å². The fraction of sp³-hybridized carbons (Fsp3) is 0.846. The summed E-state index contributed by atoms with van der Waals surface area (Å²) in [6.07, 6.45) is 7.92. The van der Waals surface area contributed by atoms with Gasteiger partial charge in [0.2, 0.25) is 0 Å². The van der Waals surface area contributed by atoms with Crippen LogP contribution in [0.4, 0.5) is 0 Å². The van der Waals surface area contributed by atoms with Gasteiger partial charge < -0.3 is 4.74 Å². The Morgan fingerprint density at radius 2 is 1.24 bits per heavy atom. The van der Waals surface area contributed by atoms with Gasteiger partial charge >= 0.3 is 41.5 Å². The molecule has 0 radical (unpaired) electrons. The summed E-state index contributed by atoms with van der Waals surface area (Å²) in [5.41, 5.74) is 0. The Morgan fingerprint density at radius 1 is 0.765 bits per heavy atom. The van der Waals surface area contributed by atoms with Crippen LogP contribution in [0.5, 0.6) is 0 Å². The second-order valence-corrected chi connectivity index (χ2v) is 4.11. The summed E-state index contributed by atoms with van der Waals surface area (Å²) in [6, 6.07) is 0. The van der Waals surface area contributed by atoms with Crippen LogP contribution in [0.25, 0.3) is 0 Å². The van der Waals surface area contributed by atoms with E-state index in [0.717, 1.165) is 32.1 Å². The van der Waals surface area contributed by atoms with Crippen molar-refractivity contribution in [3.63, 3.8) is 0 Å². The first-order valence-electron chi connectivity index (χ1n) is 6.44. The Morgan fingerprint density at radius 3 is 1.76 bits per heavy atom. The molecule has 0 saturated heterocycles. The van der Waals surface area contributed by atoms with Gasteiger partial charge in [0.1, 0.15) is 0 Å². The molecule has 0 bridgehead atoms. The van der Waals surface area contributed by atoms with E-state index in [2.05, 4.69) is 11.7 Å². The zero-order valence-electron chi connectivity index (χ0n) is 10.6. The molecule has 4 heteroatoms. The van der Waals surface area contributed by atoms with Gasteiger partial charge in [0.15, 0.2) is 0 Å². The van der Waals surface area contributed by atoms with Crippen molar-refractivity contribution in [1.29, 1.82) is 0 Å². The van der Waals surface area contributed by atoms with Crippen LogP contribution in [0.3, 0.4) is 0 Å². The third-order valence-corrected chi connectivity index (χ3v) is 2.45. The van der Waals surface area contributed by atoms with Crippen LogP contribution >= 0.6 is 0 Å². The molecule has 0 fully saturated rings. The number of carbonyl (C=O) groups excluding carboxylic acids is 2. The van der Waals surface area contributed by atoms with E-state index >= 15 is 0 Å². The molecule has 0 N–H and O–H groups in total. The quantitative estimate of drug-likeness (QED) is 0.274. The topological polar surface area (TPSA) is 43.4 Å². The Kier molecular flexibility index (Phi) is 16.3. The average molecular weight is 252 g/mol. The third-order valence-electron chi connectivity index (χ3n) is 2.45. The van der Waals surface area contributed by atoms with Crippen molar-refractivity contribution in [3.8, 4) is 0 Å². The molecule has 3 nitrogen and oxygen atoms in total. The van der Waals surface area contributed by atoms with Crippen molar-refractivity contribution in [2.24, 2.45) is 0 Å². The Hall–Kier alpha value is 0.140. The zero-order valence-corrected chi connectivity index (χ0v) is 10.6. The summed E-state index contributed by atoms with van der Waals surface area (Å²) in [6.45, 7) is 4.16. The van der Waals surface area contributed by atoms with Crippen LogP contribution < -0.4 is 0 Å². The summed E-state index contributed by atoms with van der Waals surface area (Å²) in [5, 5.41) is 0. The standard InChI is InChI=1S/C13H24O3.Na.H/c1-3-5-7-8-9-11-13(15)16-12(14)10-6-4-2;;/h3-11H2,1-2H3;;. The molecule has 0 heterocycles. The summed E-state index contributed by atoms with van der Waals surface area (Å²) in [5.74, 6) is -0.738. The molecule has 0 amide bonds. The Balaban J connectivity index is 0. The van der Waals surface area contributed by atoms with E-state index in [1.807, 2.05) is 6.92 Å². The molecular formula is C13H25NaO3. The van der Waals surface area contributed by atoms with E-state index in [0.29, 0.717) is 12.8 Å². The minimum absolute atomic E-state index is 0. The van der Waals surface area contributed by atoms with Crippen LogP contribution in [-0.4, -0.2) is 41.5 Å². The molecular weight excluding hydrogens is 227 g/mol. The number of hydrogen-bond acceptors (Lipinski definition) is 3. The van der Waals surface area contributed by atoms with Gasteiger partial charge in [-0.15, -0.1) is 0 Å². The molecule has 0 rings (SSSR count). The number of ether oxygens (including phenoxy) is 1. The first kappa shape index (κ1) is 19.5. The number of esters is 2. The second kappa shape index (κ2) is 14.2. The summed E-state index contributed by atoms with van der Waals surface area (Å²) < 4.78 is 4.68. The number of hydrogen-bond donors (Lipinski definition) is 0. The van der Waals surface area contributed by atoms with Gasteiger partial charge in [-0.05, 0) is 12.8 Å². The van der Waals surface area contributed by atoms with Crippen molar-refractivity contribution < 1.29 is 14.3 Å². The van der Waals surface area contributed by atoms with Crippen LogP contribution in [0, 0.1) is 0 Å².